The van der Waals surface area contributed by atoms with Crippen molar-refractivity contribution in [1.82, 2.24) is 19.5 Å². The van der Waals surface area contributed by atoms with Crippen LogP contribution in [-0.2, 0) is 7.05 Å². The molecule has 19 heavy (non-hydrogen) atoms. The van der Waals surface area contributed by atoms with E-state index in [-0.39, 0.29) is 35.0 Å². The van der Waals surface area contributed by atoms with Gasteiger partial charge in [0.25, 0.3) is 0 Å². The molecule has 8 heteroatoms. The van der Waals surface area contributed by atoms with Crippen molar-refractivity contribution in [2.24, 2.45) is 7.05 Å². The number of anilines is 1. The Morgan fingerprint density at radius 3 is 3.05 bits per heavy atom. The molecule has 0 aliphatic carbocycles. The maximum absolute atomic E-state index is 10.8. The molecule has 2 N–H and O–H groups in total. The number of rotatable bonds is 3. The summed E-state index contributed by atoms with van der Waals surface area (Å²) in [6, 6.07) is 0.924. The van der Waals surface area contributed by atoms with E-state index in [9.17, 15) is 10.1 Å². The van der Waals surface area contributed by atoms with Gasteiger partial charge >= 0.3 is 5.82 Å². The molecule has 2 aromatic heterocycles. The summed E-state index contributed by atoms with van der Waals surface area (Å²) in [6.45, 7) is -2.49. The third kappa shape index (κ3) is 2.73. The molecule has 0 fully saturated rings. The fraction of sp³-hybridized carbons (Fsp3) is 0.182. The first-order valence-corrected chi connectivity index (χ1v) is 5.09. The largest absolute Gasteiger partial charge is 0.368 e. The monoisotopic (exact) mass is 264 g/mol. The van der Waals surface area contributed by atoms with Crippen LogP contribution in [0.15, 0.2) is 12.3 Å². The molecule has 0 bridgehead atoms. The molecule has 0 aliphatic rings. The predicted molar refractivity (Wildman–Crippen MR) is 70.0 cm³/mol. The van der Waals surface area contributed by atoms with E-state index >= 15 is 0 Å². The molecule has 98 valence electrons. The van der Waals surface area contributed by atoms with Crippen LogP contribution in [-0.4, -0.2) is 24.4 Å². The minimum absolute atomic E-state index is 0.0192. The highest BCUT2D eigenvalue weighted by molar-refractivity contribution is 5.65. The Balaban J connectivity index is 2.46. The summed E-state index contributed by atoms with van der Waals surface area (Å²) >= 11 is 0. The van der Waals surface area contributed by atoms with Crippen LogP contribution in [0.3, 0.4) is 0 Å². The topological polar surface area (TPSA) is 113 Å². The molecule has 2 aromatic rings. The van der Waals surface area contributed by atoms with Crippen molar-refractivity contribution in [3.8, 4) is 0 Å². The zero-order valence-electron chi connectivity index (χ0n) is 13.9. The number of nitrogens with two attached hydrogens (primary N) is 1. The van der Waals surface area contributed by atoms with Gasteiger partial charge in [-0.15, -0.1) is 0 Å². The number of nitrogen functional groups attached to an aromatic ring is 1. The molecule has 0 saturated carbocycles. The van der Waals surface area contributed by atoms with Crippen molar-refractivity contribution >= 4 is 23.9 Å². The first-order chi connectivity index (χ1) is 10.6. The SMILES string of the molecule is [2H]/C(=C\c1ncc([N+](=O)[O-])n1C)c1cc(C([2H])([2H])[2H])nc(N)n1. The molecule has 0 spiro atoms. The van der Waals surface area contributed by atoms with Crippen LogP contribution in [0, 0.1) is 17.0 Å². The average Bonchev–Trinajstić information content (AvgIpc) is 2.78. The fourth-order valence-electron chi connectivity index (χ4n) is 1.40. The summed E-state index contributed by atoms with van der Waals surface area (Å²) in [6.07, 6.45) is 2.28. The van der Waals surface area contributed by atoms with Gasteiger partial charge in [0.05, 0.1) is 14.1 Å². The van der Waals surface area contributed by atoms with Crippen LogP contribution in [0.1, 0.15) is 22.7 Å². The van der Waals surface area contributed by atoms with Gasteiger partial charge in [-0.25, -0.2) is 19.5 Å². The molecular formula is C11H12N6O2. The minimum atomic E-state index is -2.49. The molecule has 0 radical (unpaired) electrons. The van der Waals surface area contributed by atoms with E-state index in [4.69, 9.17) is 11.2 Å². The lowest BCUT2D eigenvalue weighted by atomic mass is 10.3. The van der Waals surface area contributed by atoms with Crippen LogP contribution in [0.2, 0.25) is 0 Å². The highest BCUT2D eigenvalue weighted by Gasteiger charge is 2.13. The van der Waals surface area contributed by atoms with Gasteiger partial charge in [0.15, 0.2) is 0 Å². The molecule has 0 atom stereocenters. The lowest BCUT2D eigenvalue weighted by molar-refractivity contribution is -0.391. The second-order valence-corrected chi connectivity index (χ2v) is 3.58. The van der Waals surface area contributed by atoms with Crippen molar-refractivity contribution in [3.05, 3.63) is 39.6 Å². The van der Waals surface area contributed by atoms with Crippen LogP contribution in [0.25, 0.3) is 12.1 Å². The van der Waals surface area contributed by atoms with Gasteiger partial charge in [-0.3, -0.25) is 0 Å². The second-order valence-electron chi connectivity index (χ2n) is 3.58. The van der Waals surface area contributed by atoms with E-state index in [1.807, 2.05) is 0 Å². The lowest BCUT2D eigenvalue weighted by Crippen LogP contribution is -1.99. The number of nitro groups is 1. The molecule has 2 heterocycles. The Kier molecular flexibility index (Phi) is 2.13. The van der Waals surface area contributed by atoms with Crippen molar-refractivity contribution < 1.29 is 10.4 Å². The highest BCUT2D eigenvalue weighted by Crippen LogP contribution is 2.14. The summed E-state index contributed by atoms with van der Waals surface area (Å²) in [5.41, 5.74) is 5.16. The number of hydrogen-bond donors (Lipinski definition) is 1. The predicted octanol–water partition coefficient (Wildman–Crippen LogP) is 1.18. The molecule has 0 saturated heterocycles. The van der Waals surface area contributed by atoms with Crippen molar-refractivity contribution in [2.75, 3.05) is 5.73 Å². The number of imidazole rings is 1. The van der Waals surface area contributed by atoms with Gasteiger partial charge in [-0.2, -0.15) is 0 Å². The third-order valence-corrected chi connectivity index (χ3v) is 2.28. The van der Waals surface area contributed by atoms with Gasteiger partial charge in [-0.05, 0) is 23.9 Å². The third-order valence-electron chi connectivity index (χ3n) is 2.28. The molecule has 0 unspecified atom stereocenters. The fourth-order valence-corrected chi connectivity index (χ4v) is 1.40. The van der Waals surface area contributed by atoms with E-state index in [1.165, 1.54) is 17.7 Å². The van der Waals surface area contributed by atoms with Gasteiger partial charge in [-0.1, -0.05) is 0 Å². The van der Waals surface area contributed by atoms with E-state index in [1.54, 1.807) is 0 Å². The van der Waals surface area contributed by atoms with Crippen molar-refractivity contribution in [1.29, 1.82) is 0 Å². The summed E-state index contributed by atoms with van der Waals surface area (Å²) < 4.78 is 31.1. The van der Waals surface area contributed by atoms with Crippen LogP contribution < -0.4 is 5.73 Å². The summed E-state index contributed by atoms with van der Waals surface area (Å²) in [5, 5.41) is 10.8. The maximum Gasteiger partial charge on any atom is 0.342 e. The van der Waals surface area contributed by atoms with Gasteiger partial charge < -0.3 is 15.8 Å². The first-order valence-electron chi connectivity index (χ1n) is 7.09. The molecule has 2 rings (SSSR count). The molecule has 8 nitrogen and oxygen atoms in total. The van der Waals surface area contributed by atoms with Gasteiger partial charge in [0.1, 0.15) is 6.20 Å². The van der Waals surface area contributed by atoms with Gasteiger partial charge in [0, 0.05) is 15.9 Å². The highest BCUT2D eigenvalue weighted by atomic mass is 16.6. The van der Waals surface area contributed by atoms with E-state index in [2.05, 4.69) is 15.0 Å². The molecule has 0 amide bonds. The Hall–Kier alpha value is -2.77. The van der Waals surface area contributed by atoms with Crippen LogP contribution >= 0.6 is 0 Å². The zero-order chi connectivity index (χ0) is 17.4. The Labute approximate surface area is 114 Å². The van der Waals surface area contributed by atoms with E-state index < -0.39 is 11.8 Å². The summed E-state index contributed by atoms with van der Waals surface area (Å²) in [7, 11) is 1.42. The first kappa shape index (κ1) is 8.35. The number of aryl methyl sites for hydroxylation is 1. The molecule has 0 aromatic carbocycles. The Morgan fingerprint density at radius 2 is 2.42 bits per heavy atom. The van der Waals surface area contributed by atoms with E-state index in [0.717, 1.165) is 12.3 Å². The molecular weight excluding hydrogens is 248 g/mol. The van der Waals surface area contributed by atoms with Crippen LogP contribution in [0.4, 0.5) is 11.8 Å². The number of nitrogens with zero attached hydrogens (tertiary/aromatic N) is 5. The quantitative estimate of drug-likeness (QED) is 0.657. The van der Waals surface area contributed by atoms with Crippen molar-refractivity contribution in [3.63, 3.8) is 0 Å². The Morgan fingerprint density at radius 1 is 1.63 bits per heavy atom. The Bertz CT molecular complexity index is 798. The average molecular weight is 264 g/mol. The number of aromatic nitrogens is 4. The molecule has 0 aliphatic heterocycles. The smallest absolute Gasteiger partial charge is 0.342 e. The van der Waals surface area contributed by atoms with Crippen molar-refractivity contribution in [2.45, 2.75) is 6.85 Å². The standard InChI is InChI=1S/C11H12N6O2/c1-7-5-8(15-11(12)14-7)3-4-9-13-6-10(16(9)2)17(18)19/h3-6H,1-2H3,(H2,12,14,15)/b4-3+/i1D3,3D. The normalized spacial score (nSPS) is 15.3. The van der Waals surface area contributed by atoms with E-state index in [0.29, 0.717) is 0 Å². The second kappa shape index (κ2) is 4.84. The zero-order valence-corrected chi connectivity index (χ0v) is 9.86. The number of hydrogen-bond acceptors (Lipinski definition) is 6. The van der Waals surface area contributed by atoms with Gasteiger partial charge in [0.2, 0.25) is 11.8 Å². The maximum atomic E-state index is 10.8. The summed E-state index contributed by atoms with van der Waals surface area (Å²) in [4.78, 5) is 21.4. The summed E-state index contributed by atoms with van der Waals surface area (Å²) in [5.74, 6) is -0.374. The lowest BCUT2D eigenvalue weighted by Gasteiger charge is -1.97. The van der Waals surface area contributed by atoms with Crippen LogP contribution in [0.5, 0.6) is 0 Å². The minimum Gasteiger partial charge on any atom is -0.368 e.